The highest BCUT2D eigenvalue weighted by Crippen LogP contribution is 2.24. The molecule has 0 spiro atoms. The monoisotopic (exact) mass is 217 g/mol. The Bertz CT molecular complexity index is 412. The van der Waals surface area contributed by atoms with Gasteiger partial charge in [0, 0.05) is 6.42 Å². The molecule has 0 aromatic heterocycles. The zero-order chi connectivity index (χ0) is 11.4. The van der Waals surface area contributed by atoms with Crippen LogP contribution < -0.4 is 5.32 Å². The predicted molar refractivity (Wildman–Crippen MR) is 63.2 cm³/mol. The van der Waals surface area contributed by atoms with E-state index in [1.807, 2.05) is 0 Å². The summed E-state index contributed by atoms with van der Waals surface area (Å²) in [4.78, 5) is 11.7. The fourth-order valence-electron chi connectivity index (χ4n) is 1.88. The van der Waals surface area contributed by atoms with Crippen LogP contribution in [-0.4, -0.2) is 11.0 Å². The Morgan fingerprint density at radius 3 is 2.94 bits per heavy atom. The van der Waals surface area contributed by atoms with Gasteiger partial charge in [0.05, 0.1) is 5.69 Å². The van der Waals surface area contributed by atoms with E-state index in [-0.39, 0.29) is 11.7 Å². The zero-order valence-electron chi connectivity index (χ0n) is 9.02. The molecule has 1 atom stereocenters. The summed E-state index contributed by atoms with van der Waals surface area (Å²) in [6, 6.07) is 6.76. The van der Waals surface area contributed by atoms with Gasteiger partial charge in [0.1, 0.15) is 5.75 Å². The number of allylic oxidation sites excluding steroid dienone is 2. The number of anilines is 1. The molecule has 84 valence electrons. The van der Waals surface area contributed by atoms with Crippen LogP contribution in [0.2, 0.25) is 0 Å². The number of benzene rings is 1. The van der Waals surface area contributed by atoms with E-state index in [0.717, 1.165) is 12.8 Å². The van der Waals surface area contributed by atoms with E-state index in [2.05, 4.69) is 17.5 Å². The molecule has 0 aliphatic heterocycles. The molecule has 1 amide bonds. The number of hydrogen-bond acceptors (Lipinski definition) is 2. The van der Waals surface area contributed by atoms with E-state index in [1.54, 1.807) is 24.3 Å². The third-order valence-corrected chi connectivity index (χ3v) is 2.74. The van der Waals surface area contributed by atoms with Crippen molar-refractivity contribution in [3.05, 3.63) is 36.4 Å². The summed E-state index contributed by atoms with van der Waals surface area (Å²) < 4.78 is 0. The predicted octanol–water partition coefficient (Wildman–Crippen LogP) is 2.69. The summed E-state index contributed by atoms with van der Waals surface area (Å²) in [6.45, 7) is 0. The van der Waals surface area contributed by atoms with Crippen molar-refractivity contribution in [2.45, 2.75) is 19.3 Å². The Hall–Kier alpha value is -1.77. The number of amides is 1. The lowest BCUT2D eigenvalue weighted by Crippen LogP contribution is -2.14. The normalized spacial score (nSPS) is 18.6. The van der Waals surface area contributed by atoms with Gasteiger partial charge >= 0.3 is 0 Å². The number of carbonyl (C=O) groups excluding carboxylic acids is 1. The molecule has 3 heteroatoms. The molecule has 1 aliphatic carbocycles. The Balaban J connectivity index is 1.92. The van der Waals surface area contributed by atoms with E-state index in [0.29, 0.717) is 18.0 Å². The van der Waals surface area contributed by atoms with Crippen molar-refractivity contribution < 1.29 is 9.90 Å². The summed E-state index contributed by atoms with van der Waals surface area (Å²) in [5.74, 6) is 0.418. The molecule has 0 fully saturated rings. The van der Waals surface area contributed by atoms with E-state index < -0.39 is 0 Å². The number of rotatable bonds is 3. The molecular weight excluding hydrogens is 202 g/mol. The lowest BCUT2D eigenvalue weighted by Gasteiger charge is -2.09. The van der Waals surface area contributed by atoms with Crippen LogP contribution in [0.15, 0.2) is 36.4 Å². The van der Waals surface area contributed by atoms with Crippen LogP contribution in [0.25, 0.3) is 0 Å². The van der Waals surface area contributed by atoms with Crippen LogP contribution in [-0.2, 0) is 4.79 Å². The van der Waals surface area contributed by atoms with Gasteiger partial charge in [0.2, 0.25) is 5.91 Å². The first-order chi connectivity index (χ1) is 7.75. The quantitative estimate of drug-likeness (QED) is 0.604. The van der Waals surface area contributed by atoms with Crippen molar-refractivity contribution in [1.82, 2.24) is 0 Å². The largest absolute Gasteiger partial charge is 0.506 e. The van der Waals surface area contributed by atoms with Crippen LogP contribution in [0.3, 0.4) is 0 Å². The minimum Gasteiger partial charge on any atom is -0.506 e. The number of carbonyl (C=O) groups is 1. The van der Waals surface area contributed by atoms with Crippen molar-refractivity contribution in [2.24, 2.45) is 5.92 Å². The molecule has 1 aromatic rings. The average Bonchev–Trinajstić information content (AvgIpc) is 2.74. The van der Waals surface area contributed by atoms with Crippen LogP contribution in [0.5, 0.6) is 5.75 Å². The number of hydrogen-bond donors (Lipinski definition) is 2. The van der Waals surface area contributed by atoms with Crippen LogP contribution >= 0.6 is 0 Å². The zero-order valence-corrected chi connectivity index (χ0v) is 9.02. The van der Waals surface area contributed by atoms with Gasteiger partial charge in [0.25, 0.3) is 0 Å². The SMILES string of the molecule is O=C(CC1C=CCC1)Nc1ccccc1O. The van der Waals surface area contributed by atoms with Gasteiger partial charge < -0.3 is 10.4 Å². The summed E-state index contributed by atoms with van der Waals surface area (Å²) in [5.41, 5.74) is 0.481. The average molecular weight is 217 g/mol. The second-order valence-electron chi connectivity index (χ2n) is 4.04. The number of aromatic hydroxyl groups is 1. The van der Waals surface area contributed by atoms with Crippen LogP contribution in [0.1, 0.15) is 19.3 Å². The maximum atomic E-state index is 11.7. The van der Waals surface area contributed by atoms with Gasteiger partial charge in [-0.2, -0.15) is 0 Å². The first-order valence-corrected chi connectivity index (χ1v) is 5.50. The molecule has 1 unspecified atom stereocenters. The number of phenolic OH excluding ortho intramolecular Hbond substituents is 1. The maximum Gasteiger partial charge on any atom is 0.225 e. The highest BCUT2D eigenvalue weighted by atomic mass is 16.3. The van der Waals surface area contributed by atoms with Gasteiger partial charge in [-0.3, -0.25) is 4.79 Å². The topological polar surface area (TPSA) is 49.3 Å². The molecular formula is C13H15NO2. The van der Waals surface area contributed by atoms with Gasteiger partial charge in [0.15, 0.2) is 0 Å². The third kappa shape index (κ3) is 2.63. The van der Waals surface area contributed by atoms with E-state index in [4.69, 9.17) is 0 Å². The molecule has 0 heterocycles. The number of nitrogens with one attached hydrogen (secondary N) is 1. The van der Waals surface area contributed by atoms with Crippen molar-refractivity contribution in [2.75, 3.05) is 5.32 Å². The lowest BCUT2D eigenvalue weighted by molar-refractivity contribution is -0.116. The smallest absolute Gasteiger partial charge is 0.225 e. The van der Waals surface area contributed by atoms with Crippen molar-refractivity contribution >= 4 is 11.6 Å². The second kappa shape index (κ2) is 4.84. The summed E-state index contributed by atoms with van der Waals surface area (Å²) in [5, 5.41) is 12.2. The molecule has 0 saturated carbocycles. The van der Waals surface area contributed by atoms with Gasteiger partial charge in [-0.15, -0.1) is 0 Å². The highest BCUT2D eigenvalue weighted by molar-refractivity contribution is 5.92. The summed E-state index contributed by atoms with van der Waals surface area (Å²) >= 11 is 0. The standard InChI is InChI=1S/C13H15NO2/c15-12-8-4-3-7-11(12)14-13(16)9-10-5-1-2-6-10/h1,3-5,7-8,10,15H,2,6,9H2,(H,14,16). The summed E-state index contributed by atoms with van der Waals surface area (Å²) in [7, 11) is 0. The fourth-order valence-corrected chi connectivity index (χ4v) is 1.88. The number of para-hydroxylation sites is 2. The molecule has 2 rings (SSSR count). The van der Waals surface area contributed by atoms with Gasteiger partial charge in [-0.05, 0) is 30.9 Å². The molecule has 2 N–H and O–H groups in total. The molecule has 0 radical (unpaired) electrons. The van der Waals surface area contributed by atoms with Gasteiger partial charge in [-0.1, -0.05) is 24.3 Å². The van der Waals surface area contributed by atoms with E-state index in [1.165, 1.54) is 0 Å². The van der Waals surface area contributed by atoms with Crippen LogP contribution in [0, 0.1) is 5.92 Å². The second-order valence-corrected chi connectivity index (χ2v) is 4.04. The first kappa shape index (κ1) is 10.7. The minimum atomic E-state index is -0.0435. The highest BCUT2D eigenvalue weighted by Gasteiger charge is 2.14. The molecule has 1 aliphatic rings. The molecule has 0 saturated heterocycles. The fraction of sp³-hybridized carbons (Fsp3) is 0.308. The Morgan fingerprint density at radius 2 is 2.25 bits per heavy atom. The third-order valence-electron chi connectivity index (χ3n) is 2.74. The lowest BCUT2D eigenvalue weighted by atomic mass is 10.1. The minimum absolute atomic E-state index is 0.0435. The number of phenols is 1. The Morgan fingerprint density at radius 1 is 1.44 bits per heavy atom. The van der Waals surface area contributed by atoms with Crippen molar-refractivity contribution in [3.8, 4) is 5.75 Å². The van der Waals surface area contributed by atoms with Crippen molar-refractivity contribution in [3.63, 3.8) is 0 Å². The molecule has 3 nitrogen and oxygen atoms in total. The molecule has 16 heavy (non-hydrogen) atoms. The first-order valence-electron chi connectivity index (χ1n) is 5.50. The van der Waals surface area contributed by atoms with Gasteiger partial charge in [-0.25, -0.2) is 0 Å². The van der Waals surface area contributed by atoms with E-state index in [9.17, 15) is 9.90 Å². The molecule has 0 bridgehead atoms. The Kier molecular flexibility index (Phi) is 3.25. The molecule has 1 aromatic carbocycles. The Labute approximate surface area is 94.8 Å². The van der Waals surface area contributed by atoms with Crippen LogP contribution in [0.4, 0.5) is 5.69 Å². The van der Waals surface area contributed by atoms with Crippen molar-refractivity contribution in [1.29, 1.82) is 0 Å². The van der Waals surface area contributed by atoms with E-state index >= 15 is 0 Å². The summed E-state index contributed by atoms with van der Waals surface area (Å²) in [6.07, 6.45) is 6.80. The maximum absolute atomic E-state index is 11.7.